The molecule has 1 saturated heterocycles. The van der Waals surface area contributed by atoms with Gasteiger partial charge < -0.3 is 15.0 Å². The van der Waals surface area contributed by atoms with Crippen molar-refractivity contribution in [3.8, 4) is 0 Å². The maximum atomic E-state index is 12.6. The summed E-state index contributed by atoms with van der Waals surface area (Å²) < 4.78 is 33.9. The number of fused-ring (bicyclic) bond motifs is 1. The smallest absolute Gasteiger partial charge is 0.311 e. The molecule has 1 amide bonds. The average Bonchev–Trinajstić information content (AvgIpc) is 3.45. The van der Waals surface area contributed by atoms with E-state index in [2.05, 4.69) is 9.71 Å². The summed E-state index contributed by atoms with van der Waals surface area (Å²) in [6.45, 7) is 2.50. The number of esters is 1. The summed E-state index contributed by atoms with van der Waals surface area (Å²) in [5, 5.41) is 2.82. The molecule has 150 valence electrons. The molecule has 8 nitrogen and oxygen atoms in total. The molecule has 0 radical (unpaired) electrons. The molecule has 9 heteroatoms. The number of hydrogen-bond donors (Lipinski definition) is 1. The van der Waals surface area contributed by atoms with Gasteiger partial charge in [0.05, 0.1) is 5.92 Å². The monoisotopic (exact) mass is 405 g/mol. The van der Waals surface area contributed by atoms with Gasteiger partial charge in [0.25, 0.3) is 15.9 Å². The second-order valence-electron chi connectivity index (χ2n) is 7.53. The molecule has 2 atom stereocenters. The Morgan fingerprint density at radius 3 is 2.75 bits per heavy atom. The molecule has 2 aliphatic heterocycles. The van der Waals surface area contributed by atoms with Crippen LogP contribution in [0.4, 0.5) is 0 Å². The van der Waals surface area contributed by atoms with E-state index in [9.17, 15) is 18.0 Å². The Labute approximate surface area is 164 Å². The van der Waals surface area contributed by atoms with Crippen LogP contribution in [0.1, 0.15) is 38.2 Å². The maximum absolute atomic E-state index is 12.6. The molecule has 1 aromatic rings. The van der Waals surface area contributed by atoms with Crippen LogP contribution in [0.25, 0.3) is 0 Å². The van der Waals surface area contributed by atoms with E-state index in [0.29, 0.717) is 37.3 Å². The minimum atomic E-state index is -3.70. The van der Waals surface area contributed by atoms with Gasteiger partial charge in [0.2, 0.25) is 0 Å². The second kappa shape index (κ2) is 7.20. The third kappa shape index (κ3) is 3.76. The third-order valence-corrected chi connectivity index (χ3v) is 6.58. The molecule has 1 aliphatic carbocycles. The lowest BCUT2D eigenvalue weighted by Crippen LogP contribution is -2.44. The second-order valence-corrected chi connectivity index (χ2v) is 9.11. The molecule has 4 rings (SSSR count). The van der Waals surface area contributed by atoms with E-state index in [0.717, 1.165) is 12.8 Å². The number of rotatable bonds is 4. The highest BCUT2D eigenvalue weighted by Gasteiger charge is 2.36. The molecular formula is C19H23N3O5S. The summed E-state index contributed by atoms with van der Waals surface area (Å²) in [7, 11) is -3.70. The van der Waals surface area contributed by atoms with Crippen LogP contribution in [-0.2, 0) is 24.3 Å². The molecule has 0 bridgehead atoms. The van der Waals surface area contributed by atoms with Gasteiger partial charge in [-0.05, 0) is 44.7 Å². The van der Waals surface area contributed by atoms with Crippen LogP contribution in [0.2, 0.25) is 0 Å². The van der Waals surface area contributed by atoms with Gasteiger partial charge in [-0.25, -0.2) is 0 Å². The van der Waals surface area contributed by atoms with E-state index in [4.69, 9.17) is 4.74 Å². The Bertz CT molecular complexity index is 939. The zero-order chi connectivity index (χ0) is 19.9. The fraction of sp³-hybridized carbons (Fsp3) is 0.526. The Hall–Kier alpha value is -2.42. The summed E-state index contributed by atoms with van der Waals surface area (Å²) in [5.74, 6) is -0.752. The van der Waals surface area contributed by atoms with Gasteiger partial charge in [0, 0.05) is 24.7 Å². The van der Waals surface area contributed by atoms with E-state index in [1.165, 1.54) is 6.07 Å². The number of hydrogen-bond acceptors (Lipinski definition) is 6. The number of carbonyl (C=O) groups excluding carboxylic acids is 2. The largest absolute Gasteiger partial charge is 0.452 e. The minimum Gasteiger partial charge on any atom is -0.452 e. The Kier molecular flexibility index (Phi) is 4.86. The average molecular weight is 405 g/mol. The molecule has 1 saturated carbocycles. The van der Waals surface area contributed by atoms with Crippen LogP contribution < -0.4 is 5.32 Å². The SMILES string of the molecule is C[C@H](OC(=O)[C@H]1CCCN(C2=NS(=O)(=O)c3ccccc32)C1)C(=O)NC1CC1. The quantitative estimate of drug-likeness (QED) is 0.751. The van der Waals surface area contributed by atoms with Crippen molar-refractivity contribution in [3.05, 3.63) is 29.8 Å². The number of nitrogens with zero attached hydrogens (tertiary/aromatic N) is 2. The van der Waals surface area contributed by atoms with Crippen molar-refractivity contribution in [3.63, 3.8) is 0 Å². The van der Waals surface area contributed by atoms with Crippen LogP contribution >= 0.6 is 0 Å². The van der Waals surface area contributed by atoms with Gasteiger partial charge in [-0.1, -0.05) is 12.1 Å². The Balaban J connectivity index is 1.43. The number of sulfonamides is 1. The summed E-state index contributed by atoms with van der Waals surface area (Å²) in [4.78, 5) is 26.6. The highest BCUT2D eigenvalue weighted by atomic mass is 32.2. The summed E-state index contributed by atoms with van der Waals surface area (Å²) >= 11 is 0. The van der Waals surface area contributed by atoms with Crippen LogP contribution in [-0.4, -0.2) is 56.3 Å². The number of carbonyl (C=O) groups is 2. The van der Waals surface area contributed by atoms with Crippen LogP contribution in [0, 0.1) is 5.92 Å². The number of benzene rings is 1. The number of piperidine rings is 1. The first kappa shape index (κ1) is 18.9. The number of amides is 1. The van der Waals surface area contributed by atoms with Crippen molar-refractivity contribution in [2.75, 3.05) is 13.1 Å². The van der Waals surface area contributed by atoms with Crippen molar-refractivity contribution in [1.29, 1.82) is 0 Å². The van der Waals surface area contributed by atoms with Gasteiger partial charge in [-0.15, -0.1) is 4.40 Å². The number of nitrogens with one attached hydrogen (secondary N) is 1. The maximum Gasteiger partial charge on any atom is 0.311 e. The first-order valence-electron chi connectivity index (χ1n) is 9.55. The van der Waals surface area contributed by atoms with Crippen LogP contribution in [0.3, 0.4) is 0 Å². The first-order valence-corrected chi connectivity index (χ1v) is 11.0. The molecule has 0 unspecified atom stereocenters. The lowest BCUT2D eigenvalue weighted by atomic mass is 9.97. The predicted molar refractivity (Wildman–Crippen MR) is 101 cm³/mol. The molecule has 3 aliphatic rings. The highest BCUT2D eigenvalue weighted by Crippen LogP contribution is 2.30. The number of likely N-dealkylation sites (tertiary alicyclic amines) is 1. The summed E-state index contributed by atoms with van der Waals surface area (Å²) in [6, 6.07) is 6.91. The van der Waals surface area contributed by atoms with E-state index in [-0.39, 0.29) is 16.8 Å². The fourth-order valence-corrected chi connectivity index (χ4v) is 4.78. The fourth-order valence-electron chi connectivity index (χ4n) is 3.55. The van der Waals surface area contributed by atoms with Crippen molar-refractivity contribution in [2.24, 2.45) is 10.3 Å². The zero-order valence-electron chi connectivity index (χ0n) is 15.6. The molecule has 2 fully saturated rings. The molecule has 1 N–H and O–H groups in total. The summed E-state index contributed by atoms with van der Waals surface area (Å²) in [5.41, 5.74) is 0.564. The van der Waals surface area contributed by atoms with Gasteiger partial charge in [0.15, 0.2) is 11.9 Å². The molecule has 2 heterocycles. The van der Waals surface area contributed by atoms with Crippen molar-refractivity contribution < 1.29 is 22.7 Å². The molecule has 1 aromatic carbocycles. The lowest BCUT2D eigenvalue weighted by molar-refractivity contribution is -0.160. The first-order chi connectivity index (χ1) is 13.3. The van der Waals surface area contributed by atoms with E-state index in [1.807, 2.05) is 4.90 Å². The lowest BCUT2D eigenvalue weighted by Gasteiger charge is -2.33. The zero-order valence-corrected chi connectivity index (χ0v) is 16.4. The number of amidine groups is 1. The van der Waals surface area contributed by atoms with Gasteiger partial charge in [-0.3, -0.25) is 9.59 Å². The Morgan fingerprint density at radius 1 is 1.25 bits per heavy atom. The molecule has 0 aromatic heterocycles. The van der Waals surface area contributed by atoms with Crippen LogP contribution in [0.5, 0.6) is 0 Å². The highest BCUT2D eigenvalue weighted by molar-refractivity contribution is 7.90. The predicted octanol–water partition coefficient (Wildman–Crippen LogP) is 1.06. The van der Waals surface area contributed by atoms with Gasteiger partial charge in [-0.2, -0.15) is 8.42 Å². The molecule has 0 spiro atoms. The standard InChI is InChI=1S/C19H23N3O5S/c1-12(18(23)20-14-8-9-14)27-19(24)13-5-4-10-22(11-13)17-15-6-2-3-7-16(15)28(25,26)21-17/h2-3,6-7,12-14H,4-5,8-11H2,1H3,(H,20,23)/t12-,13-/m0/s1. The topological polar surface area (TPSA) is 105 Å². The Morgan fingerprint density at radius 2 is 2.00 bits per heavy atom. The van der Waals surface area contributed by atoms with E-state index >= 15 is 0 Å². The number of ether oxygens (including phenoxy) is 1. The normalized spacial score (nSPS) is 24.1. The van der Waals surface area contributed by atoms with Crippen LogP contribution in [0.15, 0.2) is 33.6 Å². The van der Waals surface area contributed by atoms with E-state index in [1.54, 1.807) is 25.1 Å². The van der Waals surface area contributed by atoms with Gasteiger partial charge in [0.1, 0.15) is 4.90 Å². The summed E-state index contributed by atoms with van der Waals surface area (Å²) in [6.07, 6.45) is 2.44. The molecular weight excluding hydrogens is 382 g/mol. The van der Waals surface area contributed by atoms with Crippen molar-refractivity contribution in [2.45, 2.75) is 49.6 Å². The van der Waals surface area contributed by atoms with Crippen molar-refractivity contribution in [1.82, 2.24) is 10.2 Å². The van der Waals surface area contributed by atoms with Gasteiger partial charge >= 0.3 is 5.97 Å². The van der Waals surface area contributed by atoms with E-state index < -0.39 is 28.0 Å². The molecule has 28 heavy (non-hydrogen) atoms. The third-order valence-electron chi connectivity index (χ3n) is 5.25. The van der Waals surface area contributed by atoms with Crippen molar-refractivity contribution >= 4 is 27.7 Å². The minimum absolute atomic E-state index is 0.195.